The van der Waals surface area contributed by atoms with Gasteiger partial charge in [-0.25, -0.2) is 4.79 Å². The molecule has 0 saturated carbocycles. The average molecular weight is 281 g/mol. The molecular weight excluding hydrogens is 262 g/mol. The van der Waals surface area contributed by atoms with Crippen molar-refractivity contribution in [1.29, 1.82) is 0 Å². The second-order valence-electron chi connectivity index (χ2n) is 4.87. The van der Waals surface area contributed by atoms with Gasteiger partial charge in [-0.05, 0) is 25.3 Å². The van der Waals surface area contributed by atoms with Crippen LogP contribution in [0.3, 0.4) is 0 Å². The van der Waals surface area contributed by atoms with Crippen LogP contribution in [0.25, 0.3) is 0 Å². The third-order valence-electron chi connectivity index (χ3n) is 3.40. The Morgan fingerprint density at radius 1 is 1.55 bits per heavy atom. The number of carboxylic acid groups (broad SMARTS) is 1. The first kappa shape index (κ1) is 14.5. The number of aryl methyl sites for hydroxylation is 2. The van der Waals surface area contributed by atoms with Crippen LogP contribution in [0.4, 0.5) is 0 Å². The smallest absolute Gasteiger partial charge is 0.332 e. The van der Waals surface area contributed by atoms with Gasteiger partial charge in [0.15, 0.2) is 6.10 Å². The van der Waals surface area contributed by atoms with Crippen LogP contribution < -0.4 is 5.32 Å². The Labute approximate surface area is 116 Å². The molecule has 110 valence electrons. The van der Waals surface area contributed by atoms with Crippen LogP contribution in [0.1, 0.15) is 35.9 Å². The normalized spacial score (nSPS) is 21.9. The third-order valence-corrected chi connectivity index (χ3v) is 3.40. The fraction of sp³-hybridized carbons (Fsp3) is 0.615. The van der Waals surface area contributed by atoms with Crippen molar-refractivity contribution in [3.05, 3.63) is 17.5 Å². The van der Waals surface area contributed by atoms with Crippen LogP contribution in [0.15, 0.2) is 6.07 Å². The van der Waals surface area contributed by atoms with Crippen molar-refractivity contribution in [2.24, 2.45) is 7.05 Å². The summed E-state index contributed by atoms with van der Waals surface area (Å²) in [6.45, 7) is 2.29. The number of hydrogen-bond donors (Lipinski definition) is 2. The summed E-state index contributed by atoms with van der Waals surface area (Å²) in [5.41, 5.74) is 1.36. The Kier molecular flexibility index (Phi) is 4.39. The SMILES string of the molecule is CCc1cc(C(=O)NCC2CCC(C(=O)O)O2)n(C)n1. The van der Waals surface area contributed by atoms with E-state index in [1.165, 1.54) is 0 Å². The van der Waals surface area contributed by atoms with Gasteiger partial charge in [0.2, 0.25) is 0 Å². The number of hydrogen-bond acceptors (Lipinski definition) is 4. The lowest BCUT2D eigenvalue weighted by Gasteiger charge is -2.12. The van der Waals surface area contributed by atoms with Gasteiger partial charge < -0.3 is 15.2 Å². The molecule has 2 atom stereocenters. The van der Waals surface area contributed by atoms with Crippen LogP contribution in [0.5, 0.6) is 0 Å². The molecule has 7 heteroatoms. The van der Waals surface area contributed by atoms with E-state index >= 15 is 0 Å². The number of aliphatic carboxylic acids is 1. The first-order valence-electron chi connectivity index (χ1n) is 6.70. The average Bonchev–Trinajstić information content (AvgIpc) is 3.02. The maximum atomic E-state index is 12.0. The van der Waals surface area contributed by atoms with Crippen LogP contribution in [0, 0.1) is 0 Å². The van der Waals surface area contributed by atoms with Gasteiger partial charge in [0.05, 0.1) is 11.8 Å². The zero-order valence-corrected chi connectivity index (χ0v) is 11.6. The number of nitrogens with one attached hydrogen (secondary N) is 1. The van der Waals surface area contributed by atoms with Gasteiger partial charge in [-0.2, -0.15) is 5.10 Å². The lowest BCUT2D eigenvalue weighted by Crippen LogP contribution is -2.34. The fourth-order valence-corrected chi connectivity index (χ4v) is 2.25. The van der Waals surface area contributed by atoms with Crippen molar-refractivity contribution in [3.8, 4) is 0 Å². The number of rotatable bonds is 5. The van der Waals surface area contributed by atoms with Gasteiger partial charge in [-0.15, -0.1) is 0 Å². The quantitative estimate of drug-likeness (QED) is 0.812. The number of amides is 1. The molecule has 1 saturated heterocycles. The molecule has 1 fully saturated rings. The number of carbonyl (C=O) groups excluding carboxylic acids is 1. The van der Waals surface area contributed by atoms with E-state index in [2.05, 4.69) is 10.4 Å². The third kappa shape index (κ3) is 3.16. The predicted octanol–water partition coefficient (Wildman–Crippen LogP) is 0.344. The number of carboxylic acids is 1. The molecule has 0 aliphatic carbocycles. The minimum absolute atomic E-state index is 0.220. The summed E-state index contributed by atoms with van der Waals surface area (Å²) in [5, 5.41) is 15.8. The van der Waals surface area contributed by atoms with Gasteiger partial charge in [0.25, 0.3) is 5.91 Å². The summed E-state index contributed by atoms with van der Waals surface area (Å²) in [7, 11) is 1.72. The molecule has 1 aliphatic rings. The van der Waals surface area contributed by atoms with Crippen molar-refractivity contribution in [3.63, 3.8) is 0 Å². The van der Waals surface area contributed by atoms with E-state index < -0.39 is 12.1 Å². The molecule has 2 rings (SSSR count). The second-order valence-corrected chi connectivity index (χ2v) is 4.87. The molecule has 0 spiro atoms. The monoisotopic (exact) mass is 281 g/mol. The van der Waals surface area contributed by atoms with E-state index in [1.807, 2.05) is 6.92 Å². The second kappa shape index (κ2) is 6.04. The van der Waals surface area contributed by atoms with Gasteiger partial charge in [-0.3, -0.25) is 9.48 Å². The number of carbonyl (C=O) groups is 2. The van der Waals surface area contributed by atoms with Gasteiger partial charge in [0, 0.05) is 13.6 Å². The van der Waals surface area contributed by atoms with Crippen LogP contribution >= 0.6 is 0 Å². The number of ether oxygens (including phenoxy) is 1. The van der Waals surface area contributed by atoms with Crippen LogP contribution in [0.2, 0.25) is 0 Å². The Morgan fingerprint density at radius 2 is 2.30 bits per heavy atom. The Bertz CT molecular complexity index is 512. The van der Waals surface area contributed by atoms with Crippen molar-refractivity contribution < 1.29 is 19.4 Å². The lowest BCUT2D eigenvalue weighted by molar-refractivity contribution is -0.149. The summed E-state index contributed by atoms with van der Waals surface area (Å²) >= 11 is 0. The first-order chi connectivity index (χ1) is 9.51. The van der Waals surface area contributed by atoms with Crippen molar-refractivity contribution in [1.82, 2.24) is 15.1 Å². The summed E-state index contributed by atoms with van der Waals surface area (Å²) in [5.74, 6) is -1.17. The van der Waals surface area contributed by atoms with Crippen molar-refractivity contribution in [2.75, 3.05) is 6.54 Å². The molecule has 0 radical (unpaired) electrons. The van der Waals surface area contributed by atoms with E-state index in [0.717, 1.165) is 12.1 Å². The molecule has 1 amide bonds. The molecule has 2 heterocycles. The Balaban J connectivity index is 1.86. The van der Waals surface area contributed by atoms with E-state index in [-0.39, 0.29) is 12.0 Å². The van der Waals surface area contributed by atoms with Crippen molar-refractivity contribution in [2.45, 2.75) is 38.4 Å². The van der Waals surface area contributed by atoms with Crippen LogP contribution in [-0.4, -0.2) is 45.5 Å². The molecule has 2 unspecified atom stereocenters. The number of aromatic nitrogens is 2. The highest BCUT2D eigenvalue weighted by Gasteiger charge is 2.30. The first-order valence-corrected chi connectivity index (χ1v) is 6.70. The molecule has 0 bridgehead atoms. The highest BCUT2D eigenvalue weighted by Crippen LogP contribution is 2.19. The molecule has 2 N–H and O–H groups in total. The Morgan fingerprint density at radius 3 is 2.85 bits per heavy atom. The molecule has 1 aromatic rings. The summed E-state index contributed by atoms with van der Waals surface area (Å²) in [6, 6.07) is 1.75. The molecule has 1 aliphatic heterocycles. The summed E-state index contributed by atoms with van der Waals surface area (Å²) in [6.07, 6.45) is 0.914. The Hall–Kier alpha value is -1.89. The lowest BCUT2D eigenvalue weighted by atomic mass is 10.2. The van der Waals surface area contributed by atoms with E-state index in [9.17, 15) is 9.59 Å². The maximum absolute atomic E-state index is 12.0. The zero-order valence-electron chi connectivity index (χ0n) is 11.6. The fourth-order valence-electron chi connectivity index (χ4n) is 2.25. The molecule has 0 aromatic carbocycles. The van der Waals surface area contributed by atoms with E-state index in [4.69, 9.17) is 9.84 Å². The van der Waals surface area contributed by atoms with Crippen molar-refractivity contribution >= 4 is 11.9 Å². The van der Waals surface area contributed by atoms with Gasteiger partial charge >= 0.3 is 5.97 Å². The number of nitrogens with zero attached hydrogens (tertiary/aromatic N) is 2. The minimum atomic E-state index is -0.946. The highest BCUT2D eigenvalue weighted by atomic mass is 16.5. The van der Waals surface area contributed by atoms with Gasteiger partial charge in [0.1, 0.15) is 5.69 Å². The van der Waals surface area contributed by atoms with E-state index in [1.54, 1.807) is 17.8 Å². The maximum Gasteiger partial charge on any atom is 0.332 e. The standard InChI is InChI=1S/C13H19N3O4/c1-3-8-6-10(16(2)15-8)12(17)14-7-9-4-5-11(20-9)13(18)19/h6,9,11H,3-5,7H2,1-2H3,(H,14,17)(H,18,19). The summed E-state index contributed by atoms with van der Waals surface area (Å²) < 4.78 is 6.87. The molecule has 7 nitrogen and oxygen atoms in total. The topological polar surface area (TPSA) is 93.5 Å². The summed E-state index contributed by atoms with van der Waals surface area (Å²) in [4.78, 5) is 22.8. The molecular formula is C13H19N3O4. The largest absolute Gasteiger partial charge is 0.479 e. The van der Waals surface area contributed by atoms with Gasteiger partial charge in [-0.1, -0.05) is 6.92 Å². The minimum Gasteiger partial charge on any atom is -0.479 e. The zero-order chi connectivity index (χ0) is 14.7. The molecule has 20 heavy (non-hydrogen) atoms. The van der Waals surface area contributed by atoms with Crippen LogP contribution in [-0.2, 0) is 23.0 Å². The molecule has 1 aromatic heterocycles. The predicted molar refractivity (Wildman–Crippen MR) is 70.5 cm³/mol. The highest BCUT2D eigenvalue weighted by molar-refractivity contribution is 5.92. The van der Waals surface area contributed by atoms with E-state index in [0.29, 0.717) is 25.1 Å².